The standard InChI is InChI=1S/C11H17BN2O3/c1-11(2,3)7-4-9(16)14(10(7)17)6-13-5-8(12)15/h7,13H,4-6H2,1-3H3. The number of hydrogen-bond acceptors (Lipinski definition) is 4. The quantitative estimate of drug-likeness (QED) is 0.535. The number of hydrogen-bond donors (Lipinski definition) is 1. The van der Waals surface area contributed by atoms with Crippen LogP contribution in [0.4, 0.5) is 0 Å². The zero-order valence-electron chi connectivity index (χ0n) is 10.4. The Kier molecular flexibility index (Phi) is 4.09. The maximum Gasteiger partial charge on any atom is 0.234 e. The SMILES string of the molecule is [B]C(=O)CNCN1C(=O)CC(C(C)(C)C)C1=O. The van der Waals surface area contributed by atoms with Gasteiger partial charge in [-0.15, -0.1) is 0 Å². The van der Waals surface area contributed by atoms with Crippen LogP contribution in [0.25, 0.3) is 0 Å². The summed E-state index contributed by atoms with van der Waals surface area (Å²) in [4.78, 5) is 35.3. The minimum atomic E-state index is -0.517. The predicted molar refractivity (Wildman–Crippen MR) is 63.0 cm³/mol. The van der Waals surface area contributed by atoms with E-state index in [0.717, 1.165) is 4.90 Å². The van der Waals surface area contributed by atoms with Gasteiger partial charge in [0.2, 0.25) is 11.8 Å². The predicted octanol–water partition coefficient (Wildman–Crippen LogP) is -0.350. The smallest absolute Gasteiger partial charge is 0.234 e. The Morgan fingerprint density at radius 3 is 2.47 bits per heavy atom. The minimum Gasteiger partial charge on any atom is -0.311 e. The van der Waals surface area contributed by atoms with E-state index in [1.165, 1.54) is 0 Å². The lowest BCUT2D eigenvalue weighted by Gasteiger charge is -2.24. The van der Waals surface area contributed by atoms with Gasteiger partial charge in [-0.05, 0) is 5.41 Å². The van der Waals surface area contributed by atoms with Gasteiger partial charge in [0.25, 0.3) is 0 Å². The van der Waals surface area contributed by atoms with E-state index in [2.05, 4.69) is 5.32 Å². The molecule has 0 bridgehead atoms. The van der Waals surface area contributed by atoms with E-state index in [0.29, 0.717) is 0 Å². The molecule has 1 rings (SSSR count). The van der Waals surface area contributed by atoms with E-state index in [1.54, 1.807) is 0 Å². The monoisotopic (exact) mass is 236 g/mol. The van der Waals surface area contributed by atoms with Crippen molar-refractivity contribution in [1.29, 1.82) is 0 Å². The van der Waals surface area contributed by atoms with Crippen molar-refractivity contribution in [2.75, 3.05) is 13.2 Å². The second kappa shape index (κ2) is 5.00. The molecule has 2 amide bonds. The summed E-state index contributed by atoms with van der Waals surface area (Å²) in [5.41, 5.74) is -0.748. The molecular weight excluding hydrogens is 219 g/mol. The fourth-order valence-electron chi connectivity index (χ4n) is 1.82. The summed E-state index contributed by atoms with van der Waals surface area (Å²) in [5.74, 6) is -0.670. The van der Waals surface area contributed by atoms with Gasteiger partial charge in [0, 0.05) is 13.0 Å². The fourth-order valence-corrected chi connectivity index (χ4v) is 1.82. The maximum absolute atomic E-state index is 12.0. The minimum absolute atomic E-state index is 0.0444. The topological polar surface area (TPSA) is 66.5 Å². The van der Waals surface area contributed by atoms with Crippen LogP contribution in [0.5, 0.6) is 0 Å². The molecular formula is C11H17BN2O3. The lowest BCUT2D eigenvalue weighted by molar-refractivity contribution is -0.140. The van der Waals surface area contributed by atoms with E-state index in [9.17, 15) is 14.4 Å². The lowest BCUT2D eigenvalue weighted by atomic mass is 9.80. The number of carbonyl (C=O) groups is 3. The highest BCUT2D eigenvalue weighted by Gasteiger charge is 2.44. The highest BCUT2D eigenvalue weighted by Crippen LogP contribution is 2.34. The molecule has 0 aromatic carbocycles. The van der Waals surface area contributed by atoms with E-state index in [-0.39, 0.29) is 42.8 Å². The van der Waals surface area contributed by atoms with E-state index in [4.69, 9.17) is 7.85 Å². The third-order valence-electron chi connectivity index (χ3n) is 2.86. The maximum atomic E-state index is 12.0. The summed E-state index contributed by atoms with van der Waals surface area (Å²) in [6.45, 7) is 5.81. The molecule has 17 heavy (non-hydrogen) atoms. The molecule has 1 saturated heterocycles. The van der Waals surface area contributed by atoms with Crippen molar-refractivity contribution in [1.82, 2.24) is 10.2 Å². The number of nitrogens with one attached hydrogen (secondary N) is 1. The van der Waals surface area contributed by atoms with E-state index in [1.807, 2.05) is 20.8 Å². The van der Waals surface area contributed by atoms with Crippen molar-refractivity contribution in [3.63, 3.8) is 0 Å². The molecule has 6 heteroatoms. The molecule has 0 aromatic heterocycles. The molecule has 1 heterocycles. The summed E-state index contributed by atoms with van der Waals surface area (Å²) in [5, 5.41) is 2.67. The first-order chi connectivity index (χ1) is 7.73. The molecule has 0 aromatic rings. The number of nitrogens with zero attached hydrogens (tertiary/aromatic N) is 1. The zero-order valence-corrected chi connectivity index (χ0v) is 10.4. The largest absolute Gasteiger partial charge is 0.311 e. The van der Waals surface area contributed by atoms with Crippen molar-refractivity contribution in [3.05, 3.63) is 0 Å². The van der Waals surface area contributed by atoms with Crippen molar-refractivity contribution >= 4 is 25.3 Å². The Bertz CT molecular complexity index is 349. The van der Waals surface area contributed by atoms with Crippen LogP contribution in [0, 0.1) is 11.3 Å². The van der Waals surface area contributed by atoms with Gasteiger partial charge in [-0.25, -0.2) is 0 Å². The number of rotatable bonds is 4. The average Bonchev–Trinajstić information content (AvgIpc) is 2.43. The van der Waals surface area contributed by atoms with Crippen molar-refractivity contribution in [2.45, 2.75) is 27.2 Å². The molecule has 2 radical (unpaired) electrons. The Morgan fingerprint density at radius 1 is 1.47 bits per heavy atom. The third kappa shape index (κ3) is 3.39. The second-order valence-electron chi connectivity index (χ2n) is 5.33. The first-order valence-electron chi connectivity index (χ1n) is 5.56. The summed E-state index contributed by atoms with van der Waals surface area (Å²) >= 11 is 0. The number of likely N-dealkylation sites (tertiary alicyclic amines) is 1. The van der Waals surface area contributed by atoms with E-state index >= 15 is 0 Å². The Morgan fingerprint density at radius 2 is 2.06 bits per heavy atom. The van der Waals surface area contributed by atoms with Gasteiger partial charge >= 0.3 is 0 Å². The lowest BCUT2D eigenvalue weighted by Crippen LogP contribution is -2.41. The number of amides is 2. The van der Waals surface area contributed by atoms with Gasteiger partial charge in [-0.3, -0.25) is 19.8 Å². The molecule has 0 aliphatic carbocycles. The molecule has 0 spiro atoms. The molecule has 1 unspecified atom stereocenters. The molecule has 5 nitrogen and oxygen atoms in total. The second-order valence-corrected chi connectivity index (χ2v) is 5.33. The molecule has 1 atom stereocenters. The third-order valence-corrected chi connectivity index (χ3v) is 2.86. The van der Waals surface area contributed by atoms with E-state index < -0.39 is 5.68 Å². The van der Waals surface area contributed by atoms with Crippen molar-refractivity contribution in [2.24, 2.45) is 11.3 Å². The Hall–Kier alpha value is -1.17. The van der Waals surface area contributed by atoms with Crippen LogP contribution >= 0.6 is 0 Å². The van der Waals surface area contributed by atoms with Crippen LogP contribution in [0.1, 0.15) is 27.2 Å². The number of carbonyl (C=O) groups excluding carboxylic acids is 3. The van der Waals surface area contributed by atoms with Gasteiger partial charge in [0.05, 0.1) is 18.3 Å². The first-order valence-corrected chi connectivity index (χ1v) is 5.56. The van der Waals surface area contributed by atoms with Crippen molar-refractivity contribution < 1.29 is 14.4 Å². The van der Waals surface area contributed by atoms with Crippen LogP contribution in [0.15, 0.2) is 0 Å². The van der Waals surface area contributed by atoms with Crippen LogP contribution in [-0.4, -0.2) is 43.5 Å². The molecule has 92 valence electrons. The summed E-state index contributed by atoms with van der Waals surface area (Å²) in [7, 11) is 4.95. The zero-order chi connectivity index (χ0) is 13.2. The molecule has 1 aliphatic rings. The Balaban J connectivity index is 2.60. The molecule has 1 N–H and O–H groups in total. The molecule has 1 aliphatic heterocycles. The first kappa shape index (κ1) is 13.9. The number of imide groups is 1. The Labute approximate surface area is 102 Å². The van der Waals surface area contributed by atoms with Gasteiger partial charge in [0.15, 0.2) is 7.85 Å². The van der Waals surface area contributed by atoms with Gasteiger partial charge in [-0.2, -0.15) is 0 Å². The normalized spacial score (nSPS) is 21.1. The van der Waals surface area contributed by atoms with Crippen LogP contribution in [0.2, 0.25) is 0 Å². The van der Waals surface area contributed by atoms with Gasteiger partial charge in [0.1, 0.15) is 0 Å². The summed E-state index contributed by atoms with van der Waals surface area (Å²) in [6, 6.07) is 0. The van der Waals surface area contributed by atoms with Gasteiger partial charge in [-0.1, -0.05) is 20.8 Å². The van der Waals surface area contributed by atoms with Gasteiger partial charge < -0.3 is 4.79 Å². The highest BCUT2D eigenvalue weighted by molar-refractivity contribution is 6.58. The van der Waals surface area contributed by atoms with Crippen LogP contribution in [0.3, 0.4) is 0 Å². The average molecular weight is 236 g/mol. The summed E-state index contributed by atoms with van der Waals surface area (Å²) < 4.78 is 0. The summed E-state index contributed by atoms with van der Waals surface area (Å²) in [6.07, 6.45) is 0.237. The highest BCUT2D eigenvalue weighted by atomic mass is 16.2. The van der Waals surface area contributed by atoms with Crippen LogP contribution in [-0.2, 0) is 14.4 Å². The molecule has 1 fully saturated rings. The van der Waals surface area contributed by atoms with Crippen molar-refractivity contribution in [3.8, 4) is 0 Å². The van der Waals surface area contributed by atoms with Crippen LogP contribution < -0.4 is 5.32 Å². The fraction of sp³-hybridized carbons (Fsp3) is 0.727. The molecule has 0 saturated carbocycles.